The molecule has 0 aromatic carbocycles. The number of nitrogens with zero attached hydrogens (tertiary/aromatic N) is 3. The number of hydrogen-bond donors (Lipinski definition) is 2. The number of hydrogen-bond acceptors (Lipinski definition) is 6. The second-order valence-corrected chi connectivity index (χ2v) is 6.44. The highest BCUT2D eigenvalue weighted by Gasteiger charge is 2.21. The Bertz CT molecular complexity index is 750. The van der Waals surface area contributed by atoms with Crippen molar-refractivity contribution < 1.29 is 9.90 Å². The van der Waals surface area contributed by atoms with Crippen LogP contribution in [-0.4, -0.2) is 65.1 Å². The van der Waals surface area contributed by atoms with Gasteiger partial charge in [-0.15, -0.1) is 11.3 Å². The van der Waals surface area contributed by atoms with Gasteiger partial charge in [-0.2, -0.15) is 0 Å². The zero-order chi connectivity index (χ0) is 16.4. The summed E-state index contributed by atoms with van der Waals surface area (Å²) in [5.41, 5.74) is 0.416. The Morgan fingerprint density at radius 3 is 2.64 bits per heavy atom. The molecule has 2 aromatic rings. The molecule has 0 unspecified atom stereocenters. The molecule has 0 saturated heterocycles. The number of aliphatic hydroxyl groups is 1. The number of H-pyrrole nitrogens is 1. The number of aryl methyl sites for hydroxylation is 1. The smallest absolute Gasteiger partial charge is 0.264 e. The van der Waals surface area contributed by atoms with Crippen molar-refractivity contribution in [2.45, 2.75) is 13.5 Å². The summed E-state index contributed by atoms with van der Waals surface area (Å²) in [7, 11) is 5.41. The van der Waals surface area contributed by atoms with Gasteiger partial charge in [0.2, 0.25) is 0 Å². The van der Waals surface area contributed by atoms with Crippen molar-refractivity contribution in [1.82, 2.24) is 19.8 Å². The van der Waals surface area contributed by atoms with Crippen molar-refractivity contribution in [3.8, 4) is 0 Å². The van der Waals surface area contributed by atoms with Crippen LogP contribution in [0, 0.1) is 6.92 Å². The molecular formula is C14H20N4O3S. The molecule has 22 heavy (non-hydrogen) atoms. The third-order valence-corrected chi connectivity index (χ3v) is 4.47. The lowest BCUT2D eigenvalue weighted by atomic mass is 10.2. The minimum atomic E-state index is -0.223. The first-order valence-electron chi connectivity index (χ1n) is 6.88. The van der Waals surface area contributed by atoms with Gasteiger partial charge in [0.1, 0.15) is 10.7 Å². The van der Waals surface area contributed by atoms with Gasteiger partial charge >= 0.3 is 0 Å². The van der Waals surface area contributed by atoms with Crippen LogP contribution in [0.3, 0.4) is 0 Å². The molecule has 120 valence electrons. The van der Waals surface area contributed by atoms with Gasteiger partial charge in [0.25, 0.3) is 11.5 Å². The molecule has 2 aromatic heterocycles. The molecule has 8 heteroatoms. The second kappa shape index (κ2) is 6.55. The van der Waals surface area contributed by atoms with Crippen LogP contribution in [0.15, 0.2) is 4.79 Å². The number of thiophene rings is 1. The van der Waals surface area contributed by atoms with Crippen LogP contribution in [-0.2, 0) is 6.54 Å². The molecule has 2 heterocycles. The first-order chi connectivity index (χ1) is 10.3. The van der Waals surface area contributed by atoms with Crippen LogP contribution in [0.5, 0.6) is 0 Å². The van der Waals surface area contributed by atoms with Crippen molar-refractivity contribution in [2.24, 2.45) is 0 Å². The minimum absolute atomic E-state index is 0.0992. The summed E-state index contributed by atoms with van der Waals surface area (Å²) in [5.74, 6) is 0.370. The predicted octanol–water partition coefficient (Wildman–Crippen LogP) is 0.419. The molecule has 0 aliphatic carbocycles. The summed E-state index contributed by atoms with van der Waals surface area (Å²) >= 11 is 1.22. The highest BCUT2D eigenvalue weighted by molar-refractivity contribution is 7.20. The van der Waals surface area contributed by atoms with E-state index in [2.05, 4.69) is 9.97 Å². The van der Waals surface area contributed by atoms with Gasteiger partial charge < -0.3 is 19.9 Å². The third-order valence-electron chi connectivity index (χ3n) is 3.29. The van der Waals surface area contributed by atoms with Gasteiger partial charge in [-0.3, -0.25) is 9.59 Å². The number of aromatic nitrogens is 2. The summed E-state index contributed by atoms with van der Waals surface area (Å²) in [4.78, 5) is 36.3. The van der Waals surface area contributed by atoms with E-state index < -0.39 is 0 Å². The maximum atomic E-state index is 12.4. The standard InChI is InChI=1S/C14H20N4O3S/c1-8-10-12(20)15-9(7-17(2)3)16-13(10)22-11(8)14(21)18(4)5-6-19/h19H,5-7H2,1-4H3,(H,15,16,20). The van der Waals surface area contributed by atoms with E-state index in [-0.39, 0.29) is 24.6 Å². The van der Waals surface area contributed by atoms with Crippen molar-refractivity contribution in [1.29, 1.82) is 0 Å². The van der Waals surface area contributed by atoms with Crippen molar-refractivity contribution >= 4 is 27.5 Å². The number of fused-ring (bicyclic) bond motifs is 1. The molecule has 1 amide bonds. The Morgan fingerprint density at radius 1 is 1.36 bits per heavy atom. The van der Waals surface area contributed by atoms with Crippen molar-refractivity contribution in [3.05, 3.63) is 26.6 Å². The maximum absolute atomic E-state index is 12.4. The molecule has 7 nitrogen and oxygen atoms in total. The van der Waals surface area contributed by atoms with E-state index in [1.165, 1.54) is 16.2 Å². The van der Waals surface area contributed by atoms with Crippen LogP contribution in [0.25, 0.3) is 10.2 Å². The SMILES string of the molecule is Cc1c(C(=O)N(C)CCO)sc2nc(CN(C)C)[nH]c(=O)c12. The monoisotopic (exact) mass is 324 g/mol. The molecule has 0 radical (unpaired) electrons. The van der Waals surface area contributed by atoms with E-state index >= 15 is 0 Å². The number of aromatic amines is 1. The second-order valence-electron chi connectivity index (χ2n) is 5.44. The zero-order valence-electron chi connectivity index (χ0n) is 13.1. The fraction of sp³-hybridized carbons (Fsp3) is 0.500. The molecule has 0 saturated carbocycles. The van der Waals surface area contributed by atoms with Crippen molar-refractivity contribution in [3.63, 3.8) is 0 Å². The Balaban J connectivity index is 2.51. The Hall–Kier alpha value is -1.77. The fourth-order valence-electron chi connectivity index (χ4n) is 2.19. The largest absolute Gasteiger partial charge is 0.395 e. The fourth-order valence-corrected chi connectivity index (χ4v) is 3.39. The van der Waals surface area contributed by atoms with Crippen LogP contribution < -0.4 is 5.56 Å². The molecular weight excluding hydrogens is 304 g/mol. The number of carbonyl (C=O) groups excluding carboxylic acids is 1. The quantitative estimate of drug-likeness (QED) is 0.832. The van der Waals surface area contributed by atoms with Gasteiger partial charge in [0, 0.05) is 13.6 Å². The Morgan fingerprint density at radius 2 is 2.05 bits per heavy atom. The first-order valence-corrected chi connectivity index (χ1v) is 7.70. The highest BCUT2D eigenvalue weighted by atomic mass is 32.1. The van der Waals surface area contributed by atoms with Gasteiger partial charge in [0.05, 0.1) is 23.4 Å². The number of aliphatic hydroxyl groups excluding tert-OH is 1. The summed E-state index contributed by atoms with van der Waals surface area (Å²) < 4.78 is 0. The van der Waals surface area contributed by atoms with E-state index in [1.54, 1.807) is 14.0 Å². The van der Waals surface area contributed by atoms with Crippen LogP contribution in [0.4, 0.5) is 0 Å². The average molecular weight is 324 g/mol. The number of rotatable bonds is 5. The molecule has 2 N–H and O–H groups in total. The third kappa shape index (κ3) is 3.18. The predicted molar refractivity (Wildman–Crippen MR) is 86.4 cm³/mol. The van der Waals surface area contributed by atoms with E-state index in [9.17, 15) is 9.59 Å². The van der Waals surface area contributed by atoms with Gasteiger partial charge in [-0.25, -0.2) is 4.98 Å². The lowest BCUT2D eigenvalue weighted by Gasteiger charge is -2.14. The van der Waals surface area contributed by atoms with Crippen LogP contribution >= 0.6 is 11.3 Å². The Kier molecular flexibility index (Phi) is 4.94. The Labute approximate surface area is 132 Å². The maximum Gasteiger partial charge on any atom is 0.264 e. The molecule has 0 spiro atoms. The lowest BCUT2D eigenvalue weighted by Crippen LogP contribution is -2.29. The topological polar surface area (TPSA) is 89.5 Å². The first kappa shape index (κ1) is 16.6. The summed E-state index contributed by atoms with van der Waals surface area (Å²) in [5, 5.41) is 9.41. The minimum Gasteiger partial charge on any atom is -0.395 e. The van der Waals surface area contributed by atoms with Gasteiger partial charge in [0.15, 0.2) is 0 Å². The molecule has 0 aliphatic rings. The lowest BCUT2D eigenvalue weighted by molar-refractivity contribution is 0.0771. The van der Waals surface area contributed by atoms with Crippen LogP contribution in [0.1, 0.15) is 21.1 Å². The molecule has 0 aliphatic heterocycles. The van der Waals surface area contributed by atoms with E-state index in [0.717, 1.165) is 0 Å². The highest BCUT2D eigenvalue weighted by Crippen LogP contribution is 2.27. The van der Waals surface area contributed by atoms with E-state index in [4.69, 9.17) is 5.11 Å². The summed E-state index contributed by atoms with van der Waals surface area (Å²) in [6.07, 6.45) is 0. The zero-order valence-corrected chi connectivity index (χ0v) is 14.0. The number of nitrogens with one attached hydrogen (secondary N) is 1. The average Bonchev–Trinajstić information content (AvgIpc) is 2.74. The van der Waals surface area contributed by atoms with Crippen LogP contribution in [0.2, 0.25) is 0 Å². The van der Waals surface area contributed by atoms with Gasteiger partial charge in [-0.05, 0) is 26.6 Å². The normalized spacial score (nSPS) is 11.4. The molecule has 0 atom stereocenters. The number of likely N-dealkylation sites (N-methyl/N-ethyl adjacent to an activating group) is 1. The van der Waals surface area contributed by atoms with Crippen molar-refractivity contribution in [2.75, 3.05) is 34.3 Å². The summed E-state index contributed by atoms with van der Waals surface area (Å²) in [6, 6.07) is 0. The summed E-state index contributed by atoms with van der Waals surface area (Å²) in [6.45, 7) is 2.43. The number of amides is 1. The molecule has 0 fully saturated rings. The van der Waals surface area contributed by atoms with E-state index in [0.29, 0.717) is 33.0 Å². The number of carbonyl (C=O) groups is 1. The molecule has 0 bridgehead atoms. The molecule has 2 rings (SSSR count). The van der Waals surface area contributed by atoms with E-state index in [1.807, 2.05) is 19.0 Å². The van der Waals surface area contributed by atoms with Gasteiger partial charge in [-0.1, -0.05) is 0 Å².